The molecule has 0 aromatic carbocycles. The molecule has 29 heteroatoms. The molecule has 1 radical (unpaired) electrons. The third kappa shape index (κ3) is 22.5. The van der Waals surface area contributed by atoms with Gasteiger partial charge < -0.3 is 50.9 Å². The van der Waals surface area contributed by atoms with E-state index in [1.165, 1.54) is 78.1 Å². The number of aliphatic hydroxyl groups excluding tert-OH is 2. The fraction of sp³-hybridized carbons (Fsp3) is 0.784. The minimum absolute atomic E-state index is 0. The first kappa shape index (κ1) is 61.3. The van der Waals surface area contributed by atoms with Crippen molar-refractivity contribution in [1.82, 2.24) is 30.2 Å². The molecule has 2 aromatic rings. The van der Waals surface area contributed by atoms with E-state index in [0.29, 0.717) is 12.2 Å². The zero-order valence-electron chi connectivity index (χ0n) is 38.0. The first-order valence-electron chi connectivity index (χ1n) is 21.6. The van der Waals surface area contributed by atoms with Crippen LogP contribution in [0.3, 0.4) is 0 Å². The first-order chi connectivity index (χ1) is 30.6. The van der Waals surface area contributed by atoms with Gasteiger partial charge in [0.25, 0.3) is 0 Å². The van der Waals surface area contributed by atoms with E-state index in [4.69, 9.17) is 19.5 Å². The molecule has 1 fully saturated rings. The van der Waals surface area contributed by atoms with Gasteiger partial charge in [0.05, 0.1) is 19.5 Å². The summed E-state index contributed by atoms with van der Waals surface area (Å²) in [5.41, 5.74) is 4.29. The van der Waals surface area contributed by atoms with Gasteiger partial charge >= 0.3 is 23.5 Å². The number of hydrogen-bond donors (Lipinski definition) is 9. The van der Waals surface area contributed by atoms with Gasteiger partial charge in [-0.1, -0.05) is 110 Å². The number of nitrogen functional groups attached to an aromatic ring is 1. The van der Waals surface area contributed by atoms with Gasteiger partial charge in [-0.2, -0.15) is 4.31 Å². The number of amides is 2. The van der Waals surface area contributed by atoms with Crippen molar-refractivity contribution < 1.29 is 80.5 Å². The molecule has 373 valence electrons. The van der Waals surface area contributed by atoms with Crippen molar-refractivity contribution in [3.63, 3.8) is 0 Å². The third-order valence-electron chi connectivity index (χ3n) is 10.2. The Morgan fingerprint density at radius 1 is 0.879 bits per heavy atom. The Morgan fingerprint density at radius 2 is 1.47 bits per heavy atom. The molecule has 0 spiro atoms. The van der Waals surface area contributed by atoms with Gasteiger partial charge in [0.15, 0.2) is 22.8 Å². The Morgan fingerprint density at radius 3 is 2.08 bits per heavy atom. The maximum Gasteiger partial charge on any atom is 0.481 e. The van der Waals surface area contributed by atoms with Crippen LogP contribution in [0.1, 0.15) is 123 Å². The van der Waals surface area contributed by atoms with E-state index in [9.17, 15) is 57.9 Å². The van der Waals surface area contributed by atoms with Crippen LogP contribution in [0, 0.1) is 5.41 Å². The number of carbonyl (C=O) groups excluding carboxylic acids is 3. The number of phosphoric ester groups is 3. The van der Waals surface area contributed by atoms with Crippen molar-refractivity contribution in [2.45, 2.75) is 148 Å². The summed E-state index contributed by atoms with van der Waals surface area (Å²) in [5, 5.41) is 26.6. The molecule has 1 aliphatic heterocycles. The Labute approximate surface area is 431 Å². The van der Waals surface area contributed by atoms with Crippen LogP contribution in [-0.2, 0) is 50.7 Å². The molecule has 7 unspecified atom stereocenters. The van der Waals surface area contributed by atoms with Crippen molar-refractivity contribution in [3.8, 4) is 0 Å². The predicted molar refractivity (Wildman–Crippen MR) is 243 cm³/mol. The first-order valence-corrected chi connectivity index (χ1v) is 27.1. The van der Waals surface area contributed by atoms with E-state index >= 15 is 0 Å². The summed E-state index contributed by atoms with van der Waals surface area (Å²) in [4.78, 5) is 88.3. The van der Waals surface area contributed by atoms with E-state index in [1.807, 2.05) is 0 Å². The summed E-state index contributed by atoms with van der Waals surface area (Å²) in [6.45, 7) is 2.81. The predicted octanol–water partition coefficient (Wildman–Crippen LogP) is 3.77. The molecule has 0 saturated carbocycles. The van der Waals surface area contributed by atoms with Gasteiger partial charge in [-0.15, -0.1) is 0 Å². The van der Waals surface area contributed by atoms with Crippen molar-refractivity contribution in [1.29, 1.82) is 0 Å². The Balaban J connectivity index is 0.0000150. The van der Waals surface area contributed by atoms with Crippen LogP contribution in [0.4, 0.5) is 5.82 Å². The topological polar surface area (TPSA) is 364 Å². The average molecular weight is 1050 g/mol. The second-order valence-electron chi connectivity index (χ2n) is 16.3. The zero-order chi connectivity index (χ0) is 48.3. The second-order valence-corrected chi connectivity index (χ2v) is 21.7. The van der Waals surface area contributed by atoms with Gasteiger partial charge in [-0.3, -0.25) is 32.5 Å². The minimum atomic E-state index is -5.57. The molecule has 1 aliphatic rings. The Bertz CT molecular complexity index is 1970. The van der Waals surface area contributed by atoms with Gasteiger partial charge in [-0.25, -0.2) is 28.6 Å². The fourth-order valence-electron chi connectivity index (χ4n) is 6.65. The van der Waals surface area contributed by atoms with E-state index in [-0.39, 0.29) is 93.0 Å². The van der Waals surface area contributed by atoms with Crippen LogP contribution in [0.2, 0.25) is 0 Å². The van der Waals surface area contributed by atoms with Gasteiger partial charge in [0.2, 0.25) is 11.8 Å². The zero-order valence-corrected chi connectivity index (χ0v) is 44.6. The average Bonchev–Trinajstić information content (AvgIpc) is 3.79. The van der Waals surface area contributed by atoms with Crippen LogP contribution >= 0.6 is 35.2 Å². The molecule has 3 rings (SSSR count). The smallest absolute Gasteiger partial charge is 0.386 e. The number of thioether (sulfide) groups is 1. The van der Waals surface area contributed by atoms with Crippen molar-refractivity contribution in [2.75, 3.05) is 37.8 Å². The van der Waals surface area contributed by atoms with E-state index in [2.05, 4.69) is 41.3 Å². The Kier molecular flexibility index (Phi) is 28.0. The largest absolute Gasteiger partial charge is 0.481 e. The SMILES string of the molecule is CCCCCCCCCCCCCCCC(=O)SCCNC(=O)CCNC(=O)C(O)C(C)(C)COP(=O)(O)OP(=O)(O)OCC1OC(n2cnc3c(N)ncnc32)C(O)C1OP(=O)(O)O.[K]. The van der Waals surface area contributed by atoms with Crippen molar-refractivity contribution >= 4 is 121 Å². The number of nitrogens with one attached hydrogen (secondary N) is 2. The normalized spacial score (nSPS) is 20.0. The van der Waals surface area contributed by atoms with Crippen LogP contribution in [0.15, 0.2) is 12.7 Å². The molecular formula is C37H66KN7O17P3S. The molecular weight excluding hydrogens is 979 g/mol. The van der Waals surface area contributed by atoms with Gasteiger partial charge in [0, 0.05) is 88.5 Å². The van der Waals surface area contributed by atoms with E-state index < -0.39 is 84.6 Å². The summed E-state index contributed by atoms with van der Waals surface area (Å²) in [5.74, 6) is -1.02. The fourth-order valence-corrected chi connectivity index (χ4v) is 10.2. The molecule has 0 bridgehead atoms. The summed E-state index contributed by atoms with van der Waals surface area (Å²) >= 11 is 1.15. The number of unbranched alkanes of at least 4 members (excludes halogenated alkanes) is 12. The molecule has 2 amide bonds. The summed E-state index contributed by atoms with van der Waals surface area (Å²) in [6.07, 6.45) is 9.53. The van der Waals surface area contributed by atoms with Crippen LogP contribution < -0.4 is 16.4 Å². The maximum atomic E-state index is 12.7. The second kappa shape index (κ2) is 30.2. The number of anilines is 1. The van der Waals surface area contributed by atoms with Crippen LogP contribution in [-0.4, -0.2) is 174 Å². The molecule has 3 heterocycles. The van der Waals surface area contributed by atoms with Crippen molar-refractivity contribution in [2.24, 2.45) is 5.41 Å². The number of rotatable bonds is 33. The number of nitrogens with zero attached hydrogens (tertiary/aromatic N) is 4. The summed E-state index contributed by atoms with van der Waals surface area (Å²) in [6, 6.07) is 0. The number of hydrogen-bond acceptors (Lipinski definition) is 18. The number of phosphoric acid groups is 3. The molecule has 66 heavy (non-hydrogen) atoms. The number of ether oxygens (including phenoxy) is 1. The molecule has 0 aliphatic carbocycles. The summed E-state index contributed by atoms with van der Waals surface area (Å²) < 4.78 is 62.4. The van der Waals surface area contributed by atoms with Crippen LogP contribution in [0.25, 0.3) is 11.2 Å². The number of carbonyl (C=O) groups is 3. The Hall–Kier alpha value is -0.804. The molecule has 1 saturated heterocycles. The maximum absolute atomic E-state index is 12.7. The number of nitrogens with two attached hydrogens (primary N) is 1. The number of aliphatic hydroxyl groups is 2. The van der Waals surface area contributed by atoms with Gasteiger partial charge in [-0.05, 0) is 6.42 Å². The minimum Gasteiger partial charge on any atom is -0.386 e. The monoisotopic (exact) mass is 1040 g/mol. The quantitative estimate of drug-likeness (QED) is 0.0279. The molecule has 24 nitrogen and oxygen atoms in total. The molecule has 10 N–H and O–H groups in total. The summed E-state index contributed by atoms with van der Waals surface area (Å²) in [7, 11) is -16.4. The van der Waals surface area contributed by atoms with Crippen LogP contribution in [0.5, 0.6) is 0 Å². The van der Waals surface area contributed by atoms with E-state index in [0.717, 1.165) is 48.2 Å². The molecule has 2 aromatic heterocycles. The number of imidazole rings is 1. The van der Waals surface area contributed by atoms with Crippen molar-refractivity contribution in [3.05, 3.63) is 12.7 Å². The standard InChI is InChI=1S/C37H66N7O17P3S.K/c1-4-5-6-7-8-9-10-11-12-13-14-15-16-17-28(46)65-21-20-39-27(45)18-19-40-35(49)32(48)37(2,3)23-58-64(55,56)61-63(53,54)57-22-26-31(60-62(50,51)52)30(47)36(59-26)44-25-43-29-33(38)41-24-42-34(29)44;/h24-26,30-32,36,47-48H,4-23H2,1-3H3,(H,39,45)(H,40,49)(H,53,54)(H,55,56)(H2,38,41,42)(H2,50,51,52);. The molecule has 7 atom stereocenters. The number of aromatic nitrogens is 4. The number of fused-ring (bicyclic) bond motifs is 1. The van der Waals surface area contributed by atoms with E-state index in [1.54, 1.807) is 0 Å². The van der Waals surface area contributed by atoms with Gasteiger partial charge in [0.1, 0.15) is 36.3 Å². The third-order valence-corrected chi connectivity index (χ3v) is 14.3.